The minimum atomic E-state index is -4.61. The summed E-state index contributed by atoms with van der Waals surface area (Å²) in [6.07, 6.45) is -4.61. The lowest BCUT2D eigenvalue weighted by molar-refractivity contribution is -0.330. The third-order valence-corrected chi connectivity index (χ3v) is 1.75. The predicted octanol–water partition coefficient (Wildman–Crippen LogP) is 3.48. The van der Waals surface area contributed by atoms with Gasteiger partial charge in [-0.05, 0) is 24.6 Å². The van der Waals surface area contributed by atoms with E-state index in [1.165, 1.54) is 0 Å². The Balaban J connectivity index is 2.64. The zero-order chi connectivity index (χ0) is 12.2. The van der Waals surface area contributed by atoms with E-state index in [0.717, 1.165) is 0 Å². The van der Waals surface area contributed by atoms with Gasteiger partial charge in [0.2, 0.25) is 0 Å². The molecule has 0 saturated carbocycles. The van der Waals surface area contributed by atoms with E-state index >= 15 is 0 Å². The lowest BCUT2D eigenvalue weighted by Crippen LogP contribution is -2.13. The highest BCUT2D eigenvalue weighted by molar-refractivity contribution is 7.80. The van der Waals surface area contributed by atoms with E-state index in [4.69, 9.17) is 12.2 Å². The summed E-state index contributed by atoms with van der Waals surface area (Å²) in [7, 11) is 0. The lowest BCUT2D eigenvalue weighted by Gasteiger charge is -2.09. The summed E-state index contributed by atoms with van der Waals surface area (Å²) in [5, 5.41) is 2.84. The second-order valence-electron chi connectivity index (χ2n) is 3.12. The monoisotopic (exact) mass is 249 g/mol. The minimum absolute atomic E-state index is 0.429. The van der Waals surface area contributed by atoms with Crippen LogP contribution in [0.4, 0.5) is 18.9 Å². The fourth-order valence-electron chi connectivity index (χ4n) is 1.11. The number of thiocarbonyl (C=S) groups is 1. The first-order valence-electron chi connectivity index (χ1n) is 4.44. The lowest BCUT2D eigenvalue weighted by atomic mass is 10.2. The first-order chi connectivity index (χ1) is 7.37. The Kier molecular flexibility index (Phi) is 4.26. The van der Waals surface area contributed by atoms with Crippen LogP contribution < -0.4 is 5.32 Å². The molecule has 0 aliphatic carbocycles. The fourth-order valence-corrected chi connectivity index (χ4v) is 1.23. The molecule has 6 heteroatoms. The van der Waals surface area contributed by atoms with Crippen molar-refractivity contribution < 1.29 is 17.9 Å². The number of rotatable bonds is 3. The Labute approximate surface area is 96.4 Å². The van der Waals surface area contributed by atoms with Gasteiger partial charge in [0, 0.05) is 5.69 Å². The Morgan fingerprint density at radius 3 is 2.69 bits per heavy atom. The molecule has 1 rings (SSSR count). The van der Waals surface area contributed by atoms with Crippen LogP contribution in [0.5, 0.6) is 0 Å². The van der Waals surface area contributed by atoms with Gasteiger partial charge in [-0.1, -0.05) is 24.4 Å². The van der Waals surface area contributed by atoms with Crippen LogP contribution in [0.3, 0.4) is 0 Å². The molecule has 0 fully saturated rings. The molecule has 0 aliphatic heterocycles. The molecule has 0 atom stereocenters. The van der Waals surface area contributed by atoms with Crippen molar-refractivity contribution in [1.82, 2.24) is 0 Å². The molecule has 88 valence electrons. The average molecular weight is 249 g/mol. The summed E-state index contributed by atoms with van der Waals surface area (Å²) >= 11 is 4.82. The maximum atomic E-state index is 11.8. The van der Waals surface area contributed by atoms with Crippen molar-refractivity contribution in [2.45, 2.75) is 19.9 Å². The Bertz CT molecular complexity index is 379. The molecule has 0 saturated heterocycles. The third kappa shape index (κ3) is 5.09. The Morgan fingerprint density at radius 1 is 1.44 bits per heavy atom. The summed E-state index contributed by atoms with van der Waals surface area (Å²) in [5.74, 6) is 0. The van der Waals surface area contributed by atoms with Gasteiger partial charge in [0.25, 0.3) is 0 Å². The van der Waals surface area contributed by atoms with Crippen molar-refractivity contribution in [3.05, 3.63) is 29.8 Å². The molecular formula is C10H10F3NOS. The second kappa shape index (κ2) is 5.27. The largest absolute Gasteiger partial charge is 0.522 e. The number of ether oxygens (including phenoxy) is 1. The zero-order valence-electron chi connectivity index (χ0n) is 8.47. The molecule has 0 unspecified atom stereocenters. The fraction of sp³-hybridized carbons (Fsp3) is 0.300. The molecule has 16 heavy (non-hydrogen) atoms. The van der Waals surface area contributed by atoms with Crippen LogP contribution in [-0.4, -0.2) is 11.4 Å². The smallest absolute Gasteiger partial charge is 0.350 e. The first-order valence-corrected chi connectivity index (χ1v) is 4.85. The van der Waals surface area contributed by atoms with Crippen LogP contribution in [0.2, 0.25) is 0 Å². The molecular weight excluding hydrogens is 239 g/mol. The molecule has 1 aromatic carbocycles. The standard InChI is InChI=1S/C10H10F3NOS/c1-7(16)14-9-4-2-3-8(5-9)6-15-10(11,12)13/h2-5H,6H2,1H3,(H,14,16). The van der Waals surface area contributed by atoms with E-state index in [2.05, 4.69) is 10.1 Å². The number of hydrogen-bond donors (Lipinski definition) is 1. The van der Waals surface area contributed by atoms with Crippen LogP contribution in [-0.2, 0) is 11.3 Å². The van der Waals surface area contributed by atoms with Crippen molar-refractivity contribution in [3.63, 3.8) is 0 Å². The summed E-state index contributed by atoms with van der Waals surface area (Å²) in [6, 6.07) is 6.46. The second-order valence-corrected chi connectivity index (χ2v) is 3.73. The molecule has 0 radical (unpaired) electrons. The summed E-state index contributed by atoms with van der Waals surface area (Å²) in [5.41, 5.74) is 1.08. The van der Waals surface area contributed by atoms with E-state index in [9.17, 15) is 13.2 Å². The van der Waals surface area contributed by atoms with Gasteiger partial charge in [-0.3, -0.25) is 4.74 Å². The van der Waals surface area contributed by atoms with Crippen LogP contribution in [0.25, 0.3) is 0 Å². The summed E-state index contributed by atoms with van der Waals surface area (Å²) in [4.78, 5) is 0.550. The summed E-state index contributed by atoms with van der Waals surface area (Å²) < 4.78 is 39.1. The van der Waals surface area contributed by atoms with Crippen molar-refractivity contribution >= 4 is 22.9 Å². The molecule has 1 N–H and O–H groups in total. The van der Waals surface area contributed by atoms with E-state index in [-0.39, 0.29) is 0 Å². The normalized spacial score (nSPS) is 11.2. The van der Waals surface area contributed by atoms with Crippen LogP contribution in [0.1, 0.15) is 12.5 Å². The zero-order valence-corrected chi connectivity index (χ0v) is 9.28. The predicted molar refractivity (Wildman–Crippen MR) is 59.2 cm³/mol. The molecule has 0 aliphatic rings. The number of halogens is 3. The van der Waals surface area contributed by atoms with Gasteiger partial charge in [-0.15, -0.1) is 13.2 Å². The number of benzene rings is 1. The van der Waals surface area contributed by atoms with Crippen LogP contribution in [0, 0.1) is 0 Å². The average Bonchev–Trinajstić information content (AvgIpc) is 2.13. The molecule has 0 amide bonds. The Morgan fingerprint density at radius 2 is 2.12 bits per heavy atom. The van der Waals surface area contributed by atoms with E-state index in [1.807, 2.05) is 0 Å². The van der Waals surface area contributed by atoms with Gasteiger partial charge in [0.15, 0.2) is 0 Å². The van der Waals surface area contributed by atoms with E-state index in [0.29, 0.717) is 16.2 Å². The molecule has 0 heterocycles. The molecule has 2 nitrogen and oxygen atoms in total. The first kappa shape index (κ1) is 12.9. The van der Waals surface area contributed by atoms with Crippen molar-refractivity contribution in [3.8, 4) is 0 Å². The number of hydrogen-bond acceptors (Lipinski definition) is 2. The highest BCUT2D eigenvalue weighted by Crippen LogP contribution is 2.20. The number of alkyl halides is 3. The highest BCUT2D eigenvalue weighted by atomic mass is 32.1. The summed E-state index contributed by atoms with van der Waals surface area (Å²) in [6.45, 7) is 1.18. The van der Waals surface area contributed by atoms with Gasteiger partial charge < -0.3 is 5.32 Å². The molecule has 0 bridgehead atoms. The Hall–Kier alpha value is -1.14. The molecule has 0 spiro atoms. The van der Waals surface area contributed by atoms with Gasteiger partial charge >= 0.3 is 6.36 Å². The van der Waals surface area contributed by atoms with Crippen molar-refractivity contribution in [2.75, 3.05) is 5.32 Å². The molecule has 1 aromatic rings. The SMILES string of the molecule is CC(=S)Nc1cccc(COC(F)(F)F)c1. The van der Waals surface area contributed by atoms with E-state index < -0.39 is 13.0 Å². The maximum absolute atomic E-state index is 11.8. The van der Waals surface area contributed by atoms with Gasteiger partial charge in [0.05, 0.1) is 11.6 Å². The molecule has 0 aromatic heterocycles. The van der Waals surface area contributed by atoms with Crippen molar-refractivity contribution in [2.24, 2.45) is 0 Å². The highest BCUT2D eigenvalue weighted by Gasteiger charge is 2.28. The van der Waals surface area contributed by atoms with E-state index in [1.54, 1.807) is 31.2 Å². The van der Waals surface area contributed by atoms with Gasteiger partial charge in [-0.25, -0.2) is 0 Å². The quantitative estimate of drug-likeness (QED) is 0.829. The number of nitrogens with one attached hydrogen (secondary N) is 1. The van der Waals surface area contributed by atoms with Crippen molar-refractivity contribution in [1.29, 1.82) is 0 Å². The minimum Gasteiger partial charge on any atom is -0.350 e. The maximum Gasteiger partial charge on any atom is 0.522 e. The van der Waals surface area contributed by atoms with Gasteiger partial charge in [-0.2, -0.15) is 0 Å². The van der Waals surface area contributed by atoms with Gasteiger partial charge in [0.1, 0.15) is 0 Å². The third-order valence-electron chi connectivity index (χ3n) is 1.65. The number of anilines is 1. The topological polar surface area (TPSA) is 21.3 Å². The van der Waals surface area contributed by atoms with Crippen LogP contribution >= 0.6 is 12.2 Å². The van der Waals surface area contributed by atoms with Crippen LogP contribution in [0.15, 0.2) is 24.3 Å².